The van der Waals surface area contributed by atoms with Crippen LogP contribution < -0.4 is 15.5 Å². The lowest BCUT2D eigenvalue weighted by molar-refractivity contribution is -0.137. The standard InChI is InChI=1S/C30H24Cl2F3N5O3/c1-2-39-28-21(16-36-40(28)19-11-4-3-5-12-19)23(20-13-6-7-14-22(20)37-27(42)25(31)32)24(29(39)43)38-26(41)17-9-8-10-18(15-17)30(33,34)35/h3-16,23-25H,2H2,1H3,(H,37,42)(H,38,41)/t23-,24+/m0/s1. The van der Waals surface area contributed by atoms with Gasteiger partial charge in [-0.2, -0.15) is 18.3 Å². The molecule has 1 aliphatic heterocycles. The molecule has 0 bridgehead atoms. The van der Waals surface area contributed by atoms with Crippen LogP contribution >= 0.6 is 23.2 Å². The molecule has 0 unspecified atom stereocenters. The highest BCUT2D eigenvalue weighted by Crippen LogP contribution is 2.43. The maximum absolute atomic E-state index is 14.2. The first-order valence-electron chi connectivity index (χ1n) is 13.1. The quantitative estimate of drug-likeness (QED) is 0.248. The molecular weight excluding hydrogens is 606 g/mol. The fourth-order valence-corrected chi connectivity index (χ4v) is 5.23. The first-order chi connectivity index (χ1) is 20.5. The van der Waals surface area contributed by atoms with Gasteiger partial charge in [0, 0.05) is 29.3 Å². The second kappa shape index (κ2) is 12.1. The number of anilines is 2. The van der Waals surface area contributed by atoms with Crippen LogP contribution in [0.2, 0.25) is 0 Å². The predicted octanol–water partition coefficient (Wildman–Crippen LogP) is 5.93. The number of halogens is 5. The third-order valence-corrected chi connectivity index (χ3v) is 7.43. The number of fused-ring (bicyclic) bond motifs is 1. The van der Waals surface area contributed by atoms with Crippen LogP contribution in [0.4, 0.5) is 24.7 Å². The van der Waals surface area contributed by atoms with E-state index in [0.717, 1.165) is 18.2 Å². The van der Waals surface area contributed by atoms with Crippen molar-refractivity contribution in [2.75, 3.05) is 16.8 Å². The minimum absolute atomic E-state index is 0.200. The van der Waals surface area contributed by atoms with E-state index >= 15 is 0 Å². The van der Waals surface area contributed by atoms with Gasteiger partial charge in [-0.15, -0.1) is 0 Å². The molecule has 3 aromatic carbocycles. The summed E-state index contributed by atoms with van der Waals surface area (Å²) < 4.78 is 41.8. The molecule has 13 heteroatoms. The van der Waals surface area contributed by atoms with E-state index in [9.17, 15) is 27.6 Å². The molecule has 43 heavy (non-hydrogen) atoms. The molecule has 222 valence electrons. The predicted molar refractivity (Wildman–Crippen MR) is 157 cm³/mol. The van der Waals surface area contributed by atoms with Gasteiger partial charge in [0.2, 0.25) is 0 Å². The summed E-state index contributed by atoms with van der Waals surface area (Å²) in [5.41, 5.74) is 0.640. The van der Waals surface area contributed by atoms with Crippen molar-refractivity contribution in [2.45, 2.75) is 29.9 Å². The SMILES string of the molecule is CCN1C(=O)[C@H](NC(=O)c2cccc(C(F)(F)F)c2)[C@@H](c2ccccc2NC(=O)C(Cl)Cl)c2cnn(-c3ccccc3)c21. The highest BCUT2D eigenvalue weighted by molar-refractivity contribution is 6.54. The second-order valence-corrected chi connectivity index (χ2v) is 10.7. The zero-order valence-electron chi connectivity index (χ0n) is 22.5. The maximum Gasteiger partial charge on any atom is 0.416 e. The fourth-order valence-electron chi connectivity index (χ4n) is 5.13. The van der Waals surface area contributed by atoms with Gasteiger partial charge in [-0.25, -0.2) is 4.68 Å². The van der Waals surface area contributed by atoms with E-state index < -0.39 is 46.3 Å². The fraction of sp³-hybridized carbons (Fsp3) is 0.200. The Kier molecular flexibility index (Phi) is 8.48. The zero-order valence-corrected chi connectivity index (χ0v) is 24.0. The van der Waals surface area contributed by atoms with Crippen LogP contribution in [-0.4, -0.2) is 44.9 Å². The molecule has 4 aromatic rings. The number of rotatable bonds is 7. The van der Waals surface area contributed by atoms with Crippen LogP contribution in [-0.2, 0) is 15.8 Å². The topological polar surface area (TPSA) is 96.3 Å². The highest BCUT2D eigenvalue weighted by atomic mass is 35.5. The lowest BCUT2D eigenvalue weighted by Crippen LogP contribution is -2.55. The van der Waals surface area contributed by atoms with E-state index in [2.05, 4.69) is 15.7 Å². The van der Waals surface area contributed by atoms with E-state index in [4.69, 9.17) is 23.2 Å². The average molecular weight is 630 g/mol. The number of nitrogens with one attached hydrogen (secondary N) is 2. The van der Waals surface area contributed by atoms with Gasteiger partial charge in [0.15, 0.2) is 4.84 Å². The monoisotopic (exact) mass is 629 g/mol. The van der Waals surface area contributed by atoms with Crippen LogP contribution in [0.3, 0.4) is 0 Å². The van der Waals surface area contributed by atoms with Gasteiger partial charge in [0.1, 0.15) is 11.9 Å². The molecule has 1 aromatic heterocycles. The van der Waals surface area contributed by atoms with E-state index in [1.54, 1.807) is 42.1 Å². The molecule has 0 radical (unpaired) electrons. The van der Waals surface area contributed by atoms with Gasteiger partial charge in [0.25, 0.3) is 17.7 Å². The van der Waals surface area contributed by atoms with Crippen molar-refractivity contribution < 1.29 is 27.6 Å². The summed E-state index contributed by atoms with van der Waals surface area (Å²) in [7, 11) is 0. The summed E-state index contributed by atoms with van der Waals surface area (Å²) in [6, 6.07) is 18.4. The largest absolute Gasteiger partial charge is 0.416 e. The smallest absolute Gasteiger partial charge is 0.339 e. The third kappa shape index (κ3) is 5.95. The third-order valence-electron chi connectivity index (χ3n) is 7.03. The van der Waals surface area contributed by atoms with Gasteiger partial charge < -0.3 is 10.6 Å². The van der Waals surface area contributed by atoms with Gasteiger partial charge in [-0.3, -0.25) is 19.3 Å². The lowest BCUT2D eigenvalue weighted by atomic mass is 9.81. The summed E-state index contributed by atoms with van der Waals surface area (Å²) in [5.74, 6) is -2.59. The molecule has 0 saturated carbocycles. The minimum Gasteiger partial charge on any atom is -0.339 e. The molecule has 2 atom stereocenters. The first kappa shape index (κ1) is 30.1. The van der Waals surface area contributed by atoms with Gasteiger partial charge in [-0.05, 0) is 48.9 Å². The van der Waals surface area contributed by atoms with Crippen molar-refractivity contribution in [3.63, 3.8) is 0 Å². The summed E-state index contributed by atoms with van der Waals surface area (Å²) in [4.78, 5) is 40.2. The summed E-state index contributed by atoms with van der Waals surface area (Å²) in [6.45, 7) is 1.96. The summed E-state index contributed by atoms with van der Waals surface area (Å²) in [6.07, 6.45) is -3.10. The zero-order chi connectivity index (χ0) is 30.9. The average Bonchev–Trinajstić information content (AvgIpc) is 3.42. The van der Waals surface area contributed by atoms with Crippen LogP contribution in [0.15, 0.2) is 85.1 Å². The Morgan fingerprint density at radius 2 is 1.67 bits per heavy atom. The second-order valence-electron chi connectivity index (χ2n) is 9.64. The molecule has 0 saturated heterocycles. The number of nitrogens with zero attached hydrogens (tertiary/aromatic N) is 3. The number of hydrogen-bond donors (Lipinski definition) is 2. The number of alkyl halides is 5. The van der Waals surface area contributed by atoms with E-state index in [-0.39, 0.29) is 17.8 Å². The number of likely N-dealkylation sites (N-methyl/N-ethyl adjacent to an activating group) is 1. The molecule has 0 spiro atoms. The number of amides is 3. The Balaban J connectivity index is 1.66. The van der Waals surface area contributed by atoms with Gasteiger partial charge in [-0.1, -0.05) is 65.7 Å². The van der Waals surface area contributed by atoms with E-state index in [0.29, 0.717) is 22.6 Å². The van der Waals surface area contributed by atoms with Crippen LogP contribution in [0.25, 0.3) is 5.69 Å². The Morgan fingerprint density at radius 1 is 0.977 bits per heavy atom. The molecule has 5 rings (SSSR count). The Hall–Kier alpha value is -4.35. The number of carbonyl (C=O) groups is 3. The van der Waals surface area contributed by atoms with E-state index in [1.165, 1.54) is 11.0 Å². The Morgan fingerprint density at radius 3 is 2.35 bits per heavy atom. The summed E-state index contributed by atoms with van der Waals surface area (Å²) >= 11 is 11.6. The maximum atomic E-state index is 14.2. The van der Waals surface area contributed by atoms with Crippen LogP contribution in [0, 0.1) is 0 Å². The molecule has 0 aliphatic carbocycles. The van der Waals surface area contributed by atoms with Crippen molar-refractivity contribution in [3.8, 4) is 5.69 Å². The number of benzene rings is 3. The molecule has 8 nitrogen and oxygen atoms in total. The molecule has 0 fully saturated rings. The lowest BCUT2D eigenvalue weighted by Gasteiger charge is -2.38. The van der Waals surface area contributed by atoms with Crippen molar-refractivity contribution >= 4 is 52.4 Å². The van der Waals surface area contributed by atoms with Crippen LogP contribution in [0.5, 0.6) is 0 Å². The highest BCUT2D eigenvalue weighted by Gasteiger charge is 2.45. The molecule has 1 aliphatic rings. The molecule has 3 amide bonds. The normalized spacial score (nSPS) is 16.6. The number of carbonyl (C=O) groups excluding carboxylic acids is 3. The van der Waals surface area contributed by atoms with Crippen molar-refractivity contribution in [2.24, 2.45) is 0 Å². The Labute approximate surface area is 254 Å². The minimum atomic E-state index is -4.67. The Bertz CT molecular complexity index is 1680. The molecule has 2 N–H and O–H groups in total. The molecule has 2 heterocycles. The van der Waals surface area contributed by atoms with Crippen molar-refractivity contribution in [1.29, 1.82) is 0 Å². The van der Waals surface area contributed by atoms with Gasteiger partial charge >= 0.3 is 6.18 Å². The first-order valence-corrected chi connectivity index (χ1v) is 14.0. The van der Waals surface area contributed by atoms with E-state index in [1.807, 2.05) is 30.3 Å². The van der Waals surface area contributed by atoms with Crippen molar-refractivity contribution in [3.05, 3.63) is 107 Å². The number of aromatic nitrogens is 2. The molecular formula is C30H24Cl2F3N5O3. The number of hydrogen-bond acceptors (Lipinski definition) is 4. The number of para-hydroxylation sites is 2. The van der Waals surface area contributed by atoms with Crippen molar-refractivity contribution in [1.82, 2.24) is 15.1 Å². The summed E-state index contributed by atoms with van der Waals surface area (Å²) in [5, 5.41) is 9.89. The van der Waals surface area contributed by atoms with Gasteiger partial charge in [0.05, 0.1) is 17.4 Å². The van der Waals surface area contributed by atoms with Crippen LogP contribution in [0.1, 0.15) is 39.9 Å².